The fourth-order valence-electron chi connectivity index (χ4n) is 4.51. The number of likely N-dealkylation sites (N-methyl/N-ethyl adjacent to an activating group) is 1. The molecule has 0 spiro atoms. The molecule has 1 aromatic carbocycles. The molecule has 0 atom stereocenters. The second-order valence-electron chi connectivity index (χ2n) is 9.55. The smallest absolute Gasteiger partial charge is 0.384 e. The average Bonchev–Trinajstić information content (AvgIpc) is 2.93. The predicted octanol–water partition coefficient (Wildman–Crippen LogP) is 2.66. The summed E-state index contributed by atoms with van der Waals surface area (Å²) in [4.78, 5) is 16.8. The molecule has 0 aliphatic carbocycles. The van der Waals surface area contributed by atoms with Gasteiger partial charge in [0.2, 0.25) is 16.0 Å². The van der Waals surface area contributed by atoms with Crippen LogP contribution in [0.25, 0.3) is 11.3 Å². The van der Waals surface area contributed by atoms with Crippen LogP contribution in [0.4, 0.5) is 36.4 Å². The van der Waals surface area contributed by atoms with Gasteiger partial charge in [-0.1, -0.05) is 6.07 Å². The van der Waals surface area contributed by atoms with Crippen molar-refractivity contribution in [2.75, 3.05) is 75.5 Å². The summed E-state index contributed by atoms with van der Waals surface area (Å²) in [7, 11) is -1.80. The SMILES string of the molecule is CN1CCN(S(=O)(=O)c2cccc(Nc3cc(-c4cnc(N)cc4C(F)(F)F)nc(N4CCOCC4)n3)c2)CC1. The van der Waals surface area contributed by atoms with Gasteiger partial charge < -0.3 is 25.6 Å². The Kier molecular flexibility index (Phi) is 7.81. The van der Waals surface area contributed by atoms with E-state index in [1.165, 1.54) is 22.5 Å². The van der Waals surface area contributed by atoms with Gasteiger partial charge in [-0.2, -0.15) is 22.5 Å². The molecular formula is C25H29F3N8O3S. The van der Waals surface area contributed by atoms with Gasteiger partial charge in [0, 0.05) is 62.8 Å². The van der Waals surface area contributed by atoms with Crippen LogP contribution in [0.1, 0.15) is 5.56 Å². The normalized spacial score (nSPS) is 17.6. The van der Waals surface area contributed by atoms with Crippen LogP contribution >= 0.6 is 0 Å². The van der Waals surface area contributed by atoms with E-state index in [4.69, 9.17) is 10.5 Å². The lowest BCUT2D eigenvalue weighted by molar-refractivity contribution is -0.137. The van der Waals surface area contributed by atoms with Gasteiger partial charge in [0.05, 0.1) is 29.4 Å². The van der Waals surface area contributed by atoms with Crippen LogP contribution in [0, 0.1) is 0 Å². The summed E-state index contributed by atoms with van der Waals surface area (Å²) < 4.78 is 75.1. The van der Waals surface area contributed by atoms with Gasteiger partial charge in [0.25, 0.3) is 0 Å². The number of sulfonamides is 1. The maximum absolute atomic E-state index is 13.9. The molecule has 2 aliphatic rings. The molecule has 5 rings (SSSR count). The maximum Gasteiger partial charge on any atom is 0.417 e. The van der Waals surface area contributed by atoms with Crippen molar-refractivity contribution in [1.29, 1.82) is 0 Å². The molecule has 2 aliphatic heterocycles. The van der Waals surface area contributed by atoms with Gasteiger partial charge >= 0.3 is 6.18 Å². The van der Waals surface area contributed by atoms with E-state index in [1.807, 2.05) is 11.9 Å². The fraction of sp³-hybridized carbons (Fsp3) is 0.400. The quantitative estimate of drug-likeness (QED) is 0.450. The molecule has 2 aromatic heterocycles. The molecule has 2 fully saturated rings. The van der Waals surface area contributed by atoms with Crippen molar-refractivity contribution in [2.24, 2.45) is 0 Å². The van der Waals surface area contributed by atoms with E-state index in [9.17, 15) is 21.6 Å². The summed E-state index contributed by atoms with van der Waals surface area (Å²) in [6, 6.07) is 8.39. The van der Waals surface area contributed by atoms with E-state index < -0.39 is 21.8 Å². The third kappa shape index (κ3) is 6.11. The Hall–Kier alpha value is -3.53. The average molecular weight is 579 g/mol. The Labute approximate surface area is 229 Å². The van der Waals surface area contributed by atoms with Gasteiger partial charge in [-0.05, 0) is 31.3 Å². The molecule has 0 amide bonds. The number of hydrogen-bond acceptors (Lipinski definition) is 10. The number of anilines is 4. The lowest BCUT2D eigenvalue weighted by Crippen LogP contribution is -2.47. The molecule has 40 heavy (non-hydrogen) atoms. The second-order valence-corrected chi connectivity index (χ2v) is 11.5. The highest BCUT2D eigenvalue weighted by Crippen LogP contribution is 2.38. The predicted molar refractivity (Wildman–Crippen MR) is 144 cm³/mol. The maximum atomic E-state index is 13.9. The first kappa shape index (κ1) is 28.0. The van der Waals surface area contributed by atoms with Crippen LogP contribution in [0.5, 0.6) is 0 Å². The van der Waals surface area contributed by atoms with Crippen LogP contribution in [0.2, 0.25) is 0 Å². The standard InChI is InChI=1S/C25H29F3N8O3S/c1-34-5-7-36(8-6-34)40(37,38)18-4-2-3-17(13-18)31-23-15-21(32-24(33-23)35-9-11-39-12-10-35)19-16-30-22(29)14-20(19)25(26,27)28/h2-4,13-16H,5-12H2,1H3,(H2,29,30)(H,31,32,33). The minimum absolute atomic E-state index is 0.0139. The summed E-state index contributed by atoms with van der Waals surface area (Å²) in [6.07, 6.45) is -3.66. The number of rotatable bonds is 6. The number of nitrogen functional groups attached to an aromatic ring is 1. The Morgan fingerprint density at radius 3 is 2.42 bits per heavy atom. The van der Waals surface area contributed by atoms with Crippen molar-refractivity contribution in [3.8, 4) is 11.3 Å². The Balaban J connectivity index is 1.52. The lowest BCUT2D eigenvalue weighted by atomic mass is 10.1. The first-order chi connectivity index (χ1) is 19.0. The van der Waals surface area contributed by atoms with Crippen molar-refractivity contribution in [3.63, 3.8) is 0 Å². The van der Waals surface area contributed by atoms with Crippen LogP contribution in [-0.2, 0) is 20.9 Å². The molecule has 2 saturated heterocycles. The van der Waals surface area contributed by atoms with E-state index in [1.54, 1.807) is 12.1 Å². The molecule has 4 heterocycles. The van der Waals surface area contributed by atoms with Crippen LogP contribution in [-0.4, -0.2) is 92.1 Å². The molecule has 11 nitrogen and oxygen atoms in total. The minimum Gasteiger partial charge on any atom is -0.384 e. The van der Waals surface area contributed by atoms with Crippen LogP contribution < -0.4 is 16.0 Å². The lowest BCUT2D eigenvalue weighted by Gasteiger charge is -2.31. The Morgan fingerprint density at radius 1 is 1.00 bits per heavy atom. The largest absolute Gasteiger partial charge is 0.417 e. The zero-order chi connectivity index (χ0) is 28.5. The number of aromatic nitrogens is 3. The monoisotopic (exact) mass is 578 g/mol. The molecule has 3 N–H and O–H groups in total. The second kappa shape index (κ2) is 11.2. The number of halogens is 3. The number of ether oxygens (including phenoxy) is 1. The number of hydrogen-bond donors (Lipinski definition) is 2. The number of benzene rings is 1. The number of morpholine rings is 1. The van der Waals surface area contributed by atoms with E-state index in [0.29, 0.717) is 58.2 Å². The summed E-state index contributed by atoms with van der Waals surface area (Å²) in [5.74, 6) is 0.121. The number of nitrogens with two attached hydrogens (primary N) is 1. The van der Waals surface area contributed by atoms with E-state index in [2.05, 4.69) is 25.2 Å². The van der Waals surface area contributed by atoms with Crippen molar-refractivity contribution < 1.29 is 26.3 Å². The number of piperazine rings is 1. The third-order valence-electron chi connectivity index (χ3n) is 6.72. The fourth-order valence-corrected chi connectivity index (χ4v) is 5.98. The number of pyridine rings is 1. The topological polar surface area (TPSA) is 130 Å². The number of nitrogens with zero attached hydrogens (tertiary/aromatic N) is 6. The van der Waals surface area contributed by atoms with Crippen molar-refractivity contribution in [3.05, 3.63) is 48.2 Å². The van der Waals surface area contributed by atoms with Gasteiger partial charge in [0.15, 0.2) is 0 Å². The molecule has 0 unspecified atom stereocenters. The Morgan fingerprint density at radius 2 is 1.73 bits per heavy atom. The van der Waals surface area contributed by atoms with Crippen LogP contribution in [0.15, 0.2) is 47.5 Å². The zero-order valence-corrected chi connectivity index (χ0v) is 22.5. The molecule has 214 valence electrons. The highest BCUT2D eigenvalue weighted by Gasteiger charge is 2.35. The van der Waals surface area contributed by atoms with Gasteiger partial charge in [0.1, 0.15) is 11.6 Å². The first-order valence-electron chi connectivity index (χ1n) is 12.6. The van der Waals surface area contributed by atoms with Crippen molar-refractivity contribution >= 4 is 33.3 Å². The molecule has 0 saturated carbocycles. The summed E-state index contributed by atoms with van der Waals surface area (Å²) in [6.45, 7) is 3.76. The molecule has 0 radical (unpaired) electrons. The summed E-state index contributed by atoms with van der Waals surface area (Å²) in [5.41, 5.74) is 4.72. The minimum atomic E-state index is -4.70. The van der Waals surface area contributed by atoms with Gasteiger partial charge in [-0.3, -0.25) is 0 Å². The highest BCUT2D eigenvalue weighted by molar-refractivity contribution is 7.89. The Bertz CT molecular complexity index is 1470. The van der Waals surface area contributed by atoms with Crippen LogP contribution in [0.3, 0.4) is 0 Å². The van der Waals surface area contributed by atoms with E-state index in [-0.39, 0.29) is 33.7 Å². The molecular weight excluding hydrogens is 549 g/mol. The number of alkyl halides is 3. The van der Waals surface area contributed by atoms with E-state index >= 15 is 0 Å². The molecule has 0 bridgehead atoms. The van der Waals surface area contributed by atoms with Gasteiger partial charge in [-0.25, -0.2) is 18.4 Å². The molecule has 15 heteroatoms. The number of nitrogens with one attached hydrogen (secondary N) is 1. The highest BCUT2D eigenvalue weighted by atomic mass is 32.2. The summed E-state index contributed by atoms with van der Waals surface area (Å²) >= 11 is 0. The first-order valence-corrected chi connectivity index (χ1v) is 14.1. The zero-order valence-electron chi connectivity index (χ0n) is 21.7. The van der Waals surface area contributed by atoms with Crippen molar-refractivity contribution in [2.45, 2.75) is 11.1 Å². The van der Waals surface area contributed by atoms with Crippen molar-refractivity contribution in [1.82, 2.24) is 24.2 Å². The summed E-state index contributed by atoms with van der Waals surface area (Å²) in [5, 5.41) is 3.06. The molecule has 3 aromatic rings. The van der Waals surface area contributed by atoms with E-state index in [0.717, 1.165) is 12.3 Å². The third-order valence-corrected chi connectivity index (χ3v) is 8.62. The van der Waals surface area contributed by atoms with Gasteiger partial charge in [-0.15, -0.1) is 0 Å².